The van der Waals surface area contributed by atoms with Crippen molar-refractivity contribution in [2.45, 2.75) is 19.0 Å². The number of furan rings is 1. The third kappa shape index (κ3) is 4.24. The van der Waals surface area contributed by atoms with Crippen LogP contribution in [0.2, 0.25) is 0 Å². The van der Waals surface area contributed by atoms with Gasteiger partial charge in [0, 0.05) is 17.4 Å². The highest BCUT2D eigenvalue weighted by Crippen LogP contribution is 2.43. The molecule has 0 radical (unpaired) electrons. The number of hydrogen-bond donors (Lipinski definition) is 2. The van der Waals surface area contributed by atoms with Gasteiger partial charge in [-0.05, 0) is 85.4 Å². The molecule has 35 heavy (non-hydrogen) atoms. The molecule has 176 valence electrons. The molecule has 1 fully saturated rings. The normalized spacial score (nSPS) is 17.3. The molecule has 4 aromatic rings. The molecule has 1 aliphatic heterocycles. The zero-order chi connectivity index (χ0) is 24.5. The maximum atomic E-state index is 11.3. The van der Waals surface area contributed by atoms with Crippen molar-refractivity contribution in [3.8, 4) is 17.1 Å². The van der Waals surface area contributed by atoms with E-state index < -0.39 is 5.97 Å². The third-order valence-corrected chi connectivity index (χ3v) is 6.42. The van der Waals surface area contributed by atoms with Crippen molar-refractivity contribution in [2.24, 2.45) is 0 Å². The van der Waals surface area contributed by atoms with E-state index in [0.717, 1.165) is 28.3 Å². The second kappa shape index (κ2) is 9.23. The second-order valence-corrected chi connectivity index (χ2v) is 8.62. The highest BCUT2D eigenvalue weighted by Gasteiger charge is 2.42. The molecular weight excluding hydrogens is 462 g/mol. The number of aryl methyl sites for hydroxylation is 1. The first-order valence-corrected chi connectivity index (χ1v) is 11.5. The molecule has 2 aromatic heterocycles. The van der Waals surface area contributed by atoms with E-state index in [-0.39, 0.29) is 17.6 Å². The zero-order valence-corrected chi connectivity index (χ0v) is 20.0. The minimum Gasteiger partial charge on any atom is -0.497 e. The lowest BCUT2D eigenvalue weighted by molar-refractivity contribution is 0.0696. The number of aromatic carboxylic acids is 1. The van der Waals surface area contributed by atoms with E-state index in [4.69, 9.17) is 21.4 Å². The van der Waals surface area contributed by atoms with Crippen LogP contribution in [0.15, 0.2) is 83.4 Å². The first-order valence-electron chi connectivity index (χ1n) is 11.0. The van der Waals surface area contributed by atoms with Gasteiger partial charge in [-0.3, -0.25) is 4.98 Å². The topological polar surface area (TPSA) is 87.8 Å². The summed E-state index contributed by atoms with van der Waals surface area (Å²) >= 11 is 5.76. The number of anilines is 1. The molecule has 2 aromatic carbocycles. The Kier molecular flexibility index (Phi) is 5.96. The molecule has 5 rings (SSSR count). The number of carbonyl (C=O) groups is 1. The molecule has 2 N–H and O–H groups in total. The molecule has 8 heteroatoms. The van der Waals surface area contributed by atoms with Gasteiger partial charge in [-0.1, -0.05) is 12.1 Å². The lowest BCUT2D eigenvalue weighted by Gasteiger charge is -2.26. The quantitative estimate of drug-likeness (QED) is 0.345. The number of thiocarbonyl (C=S) groups is 1. The van der Waals surface area contributed by atoms with Crippen molar-refractivity contribution in [2.75, 3.05) is 12.0 Å². The van der Waals surface area contributed by atoms with Gasteiger partial charge < -0.3 is 24.5 Å². The third-order valence-electron chi connectivity index (χ3n) is 6.11. The average Bonchev–Trinajstić information content (AvgIpc) is 3.49. The summed E-state index contributed by atoms with van der Waals surface area (Å²) in [7, 11) is 1.63. The number of aromatic nitrogens is 1. The SMILES string of the molecule is COc1ccc(N2C(=S)N[C@@H](c3ccccn3)[C@H]2c2ccc(-c3ccc(C(=O)O)cc3C)o2)cc1. The molecule has 0 amide bonds. The highest BCUT2D eigenvalue weighted by atomic mass is 32.1. The Hall–Kier alpha value is -4.17. The monoisotopic (exact) mass is 485 g/mol. The Morgan fingerprint density at radius 3 is 2.57 bits per heavy atom. The van der Waals surface area contributed by atoms with Crippen LogP contribution in [0.25, 0.3) is 11.3 Å². The minimum atomic E-state index is -0.960. The molecule has 0 saturated carbocycles. The molecule has 7 nitrogen and oxygen atoms in total. The average molecular weight is 486 g/mol. The van der Waals surface area contributed by atoms with Crippen LogP contribution >= 0.6 is 12.2 Å². The standard InChI is InChI=1S/C27H23N3O4S/c1-16-15-17(26(31)32)6-11-20(16)22-12-13-23(34-22)25-24(21-5-3-4-14-28-21)29-27(35)30(25)18-7-9-19(33-2)10-8-18/h3-15,24-25H,1-2H3,(H,29,35)(H,31,32)/t24-,25+/m0/s1. The van der Waals surface area contributed by atoms with Crippen LogP contribution in [0.3, 0.4) is 0 Å². The van der Waals surface area contributed by atoms with Crippen LogP contribution in [0, 0.1) is 6.92 Å². The fraction of sp³-hybridized carbons (Fsp3) is 0.148. The predicted octanol–water partition coefficient (Wildman–Crippen LogP) is 5.53. The summed E-state index contributed by atoms with van der Waals surface area (Å²) in [6, 6.07) is 21.8. The van der Waals surface area contributed by atoms with Gasteiger partial charge >= 0.3 is 5.97 Å². The van der Waals surface area contributed by atoms with E-state index in [1.807, 2.05) is 66.4 Å². The summed E-state index contributed by atoms with van der Waals surface area (Å²) in [5, 5.41) is 13.3. The van der Waals surface area contributed by atoms with Gasteiger partial charge in [-0.25, -0.2) is 4.79 Å². The first kappa shape index (κ1) is 22.6. The van der Waals surface area contributed by atoms with Crippen molar-refractivity contribution < 1.29 is 19.1 Å². The smallest absolute Gasteiger partial charge is 0.335 e. The Morgan fingerprint density at radius 1 is 1.11 bits per heavy atom. The van der Waals surface area contributed by atoms with E-state index in [1.54, 1.807) is 31.5 Å². The highest BCUT2D eigenvalue weighted by molar-refractivity contribution is 7.80. The number of hydrogen-bond acceptors (Lipinski definition) is 5. The van der Waals surface area contributed by atoms with Crippen molar-refractivity contribution in [3.05, 3.63) is 102 Å². The van der Waals surface area contributed by atoms with Crippen molar-refractivity contribution in [3.63, 3.8) is 0 Å². The molecule has 0 spiro atoms. The fourth-order valence-electron chi connectivity index (χ4n) is 4.39. The number of carboxylic acids is 1. The molecule has 0 bridgehead atoms. The van der Waals surface area contributed by atoms with Crippen LogP contribution in [0.1, 0.15) is 39.5 Å². The number of benzene rings is 2. The van der Waals surface area contributed by atoms with Gasteiger partial charge in [0.1, 0.15) is 23.3 Å². The maximum absolute atomic E-state index is 11.3. The summed E-state index contributed by atoms with van der Waals surface area (Å²) in [4.78, 5) is 17.9. The van der Waals surface area contributed by atoms with Crippen molar-refractivity contribution in [1.82, 2.24) is 10.3 Å². The Bertz CT molecular complexity index is 1390. The van der Waals surface area contributed by atoms with Crippen molar-refractivity contribution >= 4 is 29.0 Å². The summed E-state index contributed by atoms with van der Waals surface area (Å²) in [6.07, 6.45) is 1.76. The lowest BCUT2D eigenvalue weighted by atomic mass is 10.0. The number of nitrogens with one attached hydrogen (secondary N) is 1. The minimum absolute atomic E-state index is 0.236. The van der Waals surface area contributed by atoms with E-state index in [1.165, 1.54) is 0 Å². The zero-order valence-electron chi connectivity index (χ0n) is 19.1. The van der Waals surface area contributed by atoms with E-state index in [2.05, 4.69) is 10.3 Å². The molecule has 3 heterocycles. The molecular formula is C27H23N3O4S. The first-order chi connectivity index (χ1) is 17.0. The number of nitrogens with zero attached hydrogens (tertiary/aromatic N) is 2. The predicted molar refractivity (Wildman–Crippen MR) is 137 cm³/mol. The number of rotatable bonds is 6. The van der Waals surface area contributed by atoms with E-state index in [0.29, 0.717) is 16.6 Å². The van der Waals surface area contributed by atoms with Gasteiger partial charge in [-0.15, -0.1) is 0 Å². The molecule has 1 aliphatic rings. The molecule has 0 aliphatic carbocycles. The number of methoxy groups -OCH3 is 1. The van der Waals surface area contributed by atoms with Crippen molar-refractivity contribution in [1.29, 1.82) is 0 Å². The van der Waals surface area contributed by atoms with Gasteiger partial charge in [0.05, 0.1) is 24.4 Å². The second-order valence-electron chi connectivity index (χ2n) is 8.23. The summed E-state index contributed by atoms with van der Waals surface area (Å²) in [6.45, 7) is 1.87. The van der Waals surface area contributed by atoms with Crippen LogP contribution < -0.4 is 15.0 Å². The van der Waals surface area contributed by atoms with Crippen LogP contribution in [-0.2, 0) is 0 Å². The van der Waals surface area contributed by atoms with Gasteiger partial charge in [-0.2, -0.15) is 0 Å². The number of pyridine rings is 1. The van der Waals surface area contributed by atoms with Crippen LogP contribution in [0.5, 0.6) is 5.75 Å². The summed E-state index contributed by atoms with van der Waals surface area (Å²) in [5.41, 5.74) is 3.63. The number of ether oxygens (including phenoxy) is 1. The van der Waals surface area contributed by atoms with Crippen LogP contribution in [0.4, 0.5) is 5.69 Å². The van der Waals surface area contributed by atoms with Gasteiger partial charge in [0.15, 0.2) is 5.11 Å². The summed E-state index contributed by atoms with van der Waals surface area (Å²) < 4.78 is 11.7. The maximum Gasteiger partial charge on any atom is 0.335 e. The number of carboxylic acid groups (broad SMARTS) is 1. The van der Waals surface area contributed by atoms with Gasteiger partial charge in [0.25, 0.3) is 0 Å². The van der Waals surface area contributed by atoms with Crippen LogP contribution in [-0.4, -0.2) is 28.3 Å². The lowest BCUT2D eigenvalue weighted by Crippen LogP contribution is -2.29. The molecule has 0 unspecified atom stereocenters. The largest absolute Gasteiger partial charge is 0.497 e. The molecule has 1 saturated heterocycles. The Morgan fingerprint density at radius 2 is 1.91 bits per heavy atom. The fourth-order valence-corrected chi connectivity index (χ4v) is 4.74. The Balaban J connectivity index is 1.57. The summed E-state index contributed by atoms with van der Waals surface area (Å²) in [5.74, 6) is 1.16. The van der Waals surface area contributed by atoms with Gasteiger partial charge in [0.2, 0.25) is 0 Å². The Labute approximate surface area is 208 Å². The molecule has 2 atom stereocenters. The van der Waals surface area contributed by atoms with E-state index >= 15 is 0 Å². The van der Waals surface area contributed by atoms with E-state index in [9.17, 15) is 9.90 Å².